The average Bonchev–Trinajstić information content (AvgIpc) is 2.50. The maximum absolute atomic E-state index is 8.98. The highest BCUT2D eigenvalue weighted by Crippen LogP contribution is 2.29. The van der Waals surface area contributed by atoms with E-state index in [1.807, 2.05) is 36.0 Å². The SMILES string of the molecule is CCNC(=NCc1cccc(C#N)c1)N1CCSC(C)(C)C1.I. The fraction of sp³-hybridized carbons (Fsp3) is 0.529. The Bertz CT molecular complexity index is 580. The van der Waals surface area contributed by atoms with Crippen LogP contribution in [-0.4, -0.2) is 41.0 Å². The molecule has 23 heavy (non-hydrogen) atoms. The largest absolute Gasteiger partial charge is 0.357 e. The van der Waals surface area contributed by atoms with Gasteiger partial charge in [0.2, 0.25) is 0 Å². The molecule has 0 amide bonds. The van der Waals surface area contributed by atoms with E-state index >= 15 is 0 Å². The van der Waals surface area contributed by atoms with Gasteiger partial charge in [-0.25, -0.2) is 4.99 Å². The molecule has 1 heterocycles. The Morgan fingerprint density at radius 3 is 2.91 bits per heavy atom. The van der Waals surface area contributed by atoms with Crippen molar-refractivity contribution in [2.24, 2.45) is 4.99 Å². The van der Waals surface area contributed by atoms with Gasteiger partial charge in [-0.15, -0.1) is 24.0 Å². The van der Waals surface area contributed by atoms with Gasteiger partial charge >= 0.3 is 0 Å². The van der Waals surface area contributed by atoms with Crippen LogP contribution in [0.3, 0.4) is 0 Å². The first-order chi connectivity index (χ1) is 10.5. The van der Waals surface area contributed by atoms with Gasteiger partial charge in [0.25, 0.3) is 0 Å². The standard InChI is InChI=1S/C17H24N4S.HI/c1-4-19-16(21-8-9-22-17(2,3)13-21)20-12-15-7-5-6-14(10-15)11-18;/h5-7,10H,4,8-9,12-13H2,1-3H3,(H,19,20);1H. The summed E-state index contributed by atoms with van der Waals surface area (Å²) >= 11 is 2.02. The topological polar surface area (TPSA) is 51.4 Å². The van der Waals surface area contributed by atoms with Crippen molar-refractivity contribution in [3.63, 3.8) is 0 Å². The molecule has 1 N–H and O–H groups in total. The normalized spacial score (nSPS) is 17.1. The van der Waals surface area contributed by atoms with Gasteiger partial charge in [0, 0.05) is 30.1 Å². The summed E-state index contributed by atoms with van der Waals surface area (Å²) in [7, 11) is 0. The summed E-state index contributed by atoms with van der Waals surface area (Å²) in [4.78, 5) is 7.10. The number of guanidine groups is 1. The summed E-state index contributed by atoms with van der Waals surface area (Å²) in [5.41, 5.74) is 1.76. The van der Waals surface area contributed by atoms with Crippen LogP contribution in [-0.2, 0) is 6.54 Å². The molecule has 2 rings (SSSR count). The quantitative estimate of drug-likeness (QED) is 0.441. The third-order valence-electron chi connectivity index (χ3n) is 3.53. The number of nitrogens with one attached hydrogen (secondary N) is 1. The number of rotatable bonds is 3. The molecule has 0 spiro atoms. The van der Waals surface area contributed by atoms with E-state index in [0.717, 1.165) is 36.9 Å². The van der Waals surface area contributed by atoms with Gasteiger partial charge in [-0.2, -0.15) is 17.0 Å². The van der Waals surface area contributed by atoms with Crippen LogP contribution in [0.4, 0.5) is 0 Å². The van der Waals surface area contributed by atoms with Crippen molar-refractivity contribution in [1.29, 1.82) is 5.26 Å². The van der Waals surface area contributed by atoms with Crippen molar-refractivity contribution in [3.05, 3.63) is 35.4 Å². The van der Waals surface area contributed by atoms with Gasteiger partial charge < -0.3 is 10.2 Å². The third kappa shape index (κ3) is 6.22. The van der Waals surface area contributed by atoms with E-state index in [2.05, 4.69) is 37.1 Å². The molecule has 0 atom stereocenters. The Labute approximate surface area is 160 Å². The van der Waals surface area contributed by atoms with Gasteiger partial charge in [0.15, 0.2) is 5.96 Å². The number of halogens is 1. The molecule has 1 aromatic carbocycles. The number of hydrogen-bond acceptors (Lipinski definition) is 3. The predicted octanol–water partition coefficient (Wildman–Crippen LogP) is 3.47. The second-order valence-electron chi connectivity index (χ2n) is 6.01. The molecule has 126 valence electrons. The monoisotopic (exact) mass is 444 g/mol. The maximum atomic E-state index is 8.98. The van der Waals surface area contributed by atoms with E-state index in [0.29, 0.717) is 12.1 Å². The number of nitrogens with zero attached hydrogens (tertiary/aromatic N) is 3. The summed E-state index contributed by atoms with van der Waals surface area (Å²) < 4.78 is 0.259. The van der Waals surface area contributed by atoms with E-state index in [1.165, 1.54) is 0 Å². The molecule has 4 nitrogen and oxygen atoms in total. The summed E-state index contributed by atoms with van der Waals surface area (Å²) in [5, 5.41) is 12.4. The van der Waals surface area contributed by atoms with E-state index in [1.54, 1.807) is 0 Å². The third-order valence-corrected chi connectivity index (χ3v) is 4.82. The van der Waals surface area contributed by atoms with Crippen LogP contribution in [0.1, 0.15) is 31.9 Å². The Kier molecular flexibility index (Phi) is 8.20. The first-order valence-electron chi connectivity index (χ1n) is 7.70. The van der Waals surface area contributed by atoms with Gasteiger partial charge in [0.1, 0.15) is 0 Å². The number of hydrogen-bond donors (Lipinski definition) is 1. The lowest BCUT2D eigenvalue weighted by atomic mass is 10.1. The van der Waals surface area contributed by atoms with Crippen LogP contribution in [0.25, 0.3) is 0 Å². The average molecular weight is 444 g/mol. The Balaban J connectivity index is 0.00000264. The Morgan fingerprint density at radius 2 is 2.26 bits per heavy atom. The molecular formula is C17H25IN4S. The highest BCUT2D eigenvalue weighted by Gasteiger charge is 2.28. The molecule has 6 heteroatoms. The molecular weight excluding hydrogens is 419 g/mol. The Hall–Kier alpha value is -0.940. The van der Waals surface area contributed by atoms with Crippen LogP contribution in [0, 0.1) is 11.3 Å². The molecule has 1 aliphatic heterocycles. The second-order valence-corrected chi connectivity index (χ2v) is 7.81. The lowest BCUT2D eigenvalue weighted by molar-refractivity contribution is 0.376. The van der Waals surface area contributed by atoms with Crippen LogP contribution in [0.15, 0.2) is 29.3 Å². The highest BCUT2D eigenvalue weighted by atomic mass is 127. The molecule has 0 unspecified atom stereocenters. The van der Waals surface area contributed by atoms with Crippen molar-refractivity contribution in [2.75, 3.05) is 25.4 Å². The summed E-state index contributed by atoms with van der Waals surface area (Å²) in [6.07, 6.45) is 0. The predicted molar refractivity (Wildman–Crippen MR) is 109 cm³/mol. The Morgan fingerprint density at radius 1 is 1.48 bits per heavy atom. The van der Waals surface area contributed by atoms with E-state index in [-0.39, 0.29) is 28.7 Å². The molecule has 1 fully saturated rings. The molecule has 0 bridgehead atoms. The van der Waals surface area contributed by atoms with Gasteiger partial charge in [-0.3, -0.25) is 0 Å². The molecule has 0 radical (unpaired) electrons. The molecule has 1 aliphatic rings. The van der Waals surface area contributed by atoms with Gasteiger partial charge in [0.05, 0.1) is 18.2 Å². The molecule has 1 saturated heterocycles. The minimum Gasteiger partial charge on any atom is -0.357 e. The zero-order chi connectivity index (χ0) is 16.0. The minimum absolute atomic E-state index is 0. The minimum atomic E-state index is 0. The van der Waals surface area contributed by atoms with E-state index in [9.17, 15) is 0 Å². The number of nitriles is 1. The second kappa shape index (κ2) is 9.38. The van der Waals surface area contributed by atoms with Crippen LogP contribution in [0.2, 0.25) is 0 Å². The fourth-order valence-corrected chi connectivity index (χ4v) is 3.64. The number of thioether (sulfide) groups is 1. The van der Waals surface area contributed by atoms with Crippen molar-refractivity contribution >= 4 is 41.7 Å². The van der Waals surface area contributed by atoms with Crippen LogP contribution < -0.4 is 5.32 Å². The molecule has 1 aromatic rings. The summed E-state index contributed by atoms with van der Waals surface area (Å²) in [6.45, 7) is 10.1. The van der Waals surface area contributed by atoms with Gasteiger partial charge in [-0.1, -0.05) is 12.1 Å². The zero-order valence-corrected chi connectivity index (χ0v) is 17.1. The van der Waals surface area contributed by atoms with Crippen molar-refractivity contribution in [2.45, 2.75) is 32.1 Å². The highest BCUT2D eigenvalue weighted by molar-refractivity contribution is 14.0. The van der Waals surface area contributed by atoms with Gasteiger partial charge in [-0.05, 0) is 38.5 Å². The first kappa shape index (κ1) is 20.1. The lowest BCUT2D eigenvalue weighted by Gasteiger charge is -2.39. The van der Waals surface area contributed by atoms with Crippen LogP contribution in [0.5, 0.6) is 0 Å². The molecule has 0 saturated carbocycles. The van der Waals surface area contributed by atoms with E-state index < -0.39 is 0 Å². The molecule has 0 aromatic heterocycles. The number of aliphatic imine (C=N–C) groups is 1. The maximum Gasteiger partial charge on any atom is 0.194 e. The van der Waals surface area contributed by atoms with Crippen molar-refractivity contribution in [3.8, 4) is 6.07 Å². The zero-order valence-electron chi connectivity index (χ0n) is 14.0. The van der Waals surface area contributed by atoms with E-state index in [4.69, 9.17) is 10.3 Å². The smallest absolute Gasteiger partial charge is 0.194 e. The fourth-order valence-electron chi connectivity index (χ4n) is 2.53. The van der Waals surface area contributed by atoms with Crippen molar-refractivity contribution < 1.29 is 0 Å². The lowest BCUT2D eigenvalue weighted by Crippen LogP contribution is -2.50. The van der Waals surface area contributed by atoms with Crippen LogP contribution >= 0.6 is 35.7 Å². The van der Waals surface area contributed by atoms with Crippen molar-refractivity contribution in [1.82, 2.24) is 10.2 Å². The summed E-state index contributed by atoms with van der Waals surface area (Å²) in [6, 6.07) is 9.84. The number of benzene rings is 1. The molecule has 0 aliphatic carbocycles. The summed E-state index contributed by atoms with van der Waals surface area (Å²) in [5.74, 6) is 2.10. The first-order valence-corrected chi connectivity index (χ1v) is 8.69.